The minimum Gasteiger partial charge on any atom is -0.465 e. The fourth-order valence-corrected chi connectivity index (χ4v) is 1.83. The van der Waals surface area contributed by atoms with Gasteiger partial charge in [-0.3, -0.25) is 0 Å². The first-order chi connectivity index (χ1) is 8.58. The molecule has 2 rings (SSSR count). The highest BCUT2D eigenvalue weighted by Gasteiger charge is 2.09. The van der Waals surface area contributed by atoms with Gasteiger partial charge in [0.25, 0.3) is 0 Å². The maximum atomic E-state index is 9.29. The highest BCUT2D eigenvalue weighted by atomic mass is 16.6. The van der Waals surface area contributed by atoms with E-state index in [4.69, 9.17) is 9.47 Å². The summed E-state index contributed by atoms with van der Waals surface area (Å²) in [6.07, 6.45) is -1.76. The molecule has 18 heavy (non-hydrogen) atoms. The second-order valence-electron chi connectivity index (χ2n) is 4.04. The number of aliphatic hydroxyl groups is 2. The summed E-state index contributed by atoms with van der Waals surface area (Å²) >= 11 is 0. The molecule has 2 atom stereocenters. The zero-order chi connectivity index (χ0) is 13.1. The number of ether oxygens (including phenoxy) is 2. The van der Waals surface area contributed by atoms with E-state index >= 15 is 0 Å². The summed E-state index contributed by atoms with van der Waals surface area (Å²) in [6, 6.07) is 10.9. The summed E-state index contributed by atoms with van der Waals surface area (Å²) < 4.78 is 10.6. The van der Waals surface area contributed by atoms with Gasteiger partial charge in [0.2, 0.25) is 0 Å². The average molecular weight is 248 g/mol. The van der Waals surface area contributed by atoms with Crippen molar-refractivity contribution >= 4 is 10.8 Å². The van der Waals surface area contributed by atoms with Gasteiger partial charge >= 0.3 is 0 Å². The monoisotopic (exact) mass is 248 g/mol. The van der Waals surface area contributed by atoms with E-state index in [1.165, 1.54) is 0 Å². The molecule has 0 aromatic heterocycles. The van der Waals surface area contributed by atoms with E-state index in [1.807, 2.05) is 24.3 Å². The Hall–Kier alpha value is -1.78. The van der Waals surface area contributed by atoms with Crippen LogP contribution in [-0.2, 0) is 0 Å². The molecule has 2 aromatic carbocycles. The van der Waals surface area contributed by atoms with E-state index in [2.05, 4.69) is 0 Å². The lowest BCUT2D eigenvalue weighted by Gasteiger charge is -2.14. The van der Waals surface area contributed by atoms with Crippen LogP contribution in [-0.4, -0.2) is 22.8 Å². The molecular weight excluding hydrogens is 232 g/mol. The fourth-order valence-electron chi connectivity index (χ4n) is 1.83. The van der Waals surface area contributed by atoms with E-state index in [9.17, 15) is 10.2 Å². The number of rotatable bonds is 4. The maximum Gasteiger partial charge on any atom is 0.194 e. The first-order valence-corrected chi connectivity index (χ1v) is 5.79. The SMILES string of the molecule is CC(O)Oc1cccc2c(OC(C)O)cccc12. The normalized spacial score (nSPS) is 14.2. The van der Waals surface area contributed by atoms with Crippen LogP contribution in [0.4, 0.5) is 0 Å². The molecule has 4 nitrogen and oxygen atoms in total. The van der Waals surface area contributed by atoms with Crippen molar-refractivity contribution in [3.8, 4) is 11.5 Å². The summed E-state index contributed by atoms with van der Waals surface area (Å²) in [6.45, 7) is 3.10. The Morgan fingerprint density at radius 1 is 0.778 bits per heavy atom. The van der Waals surface area contributed by atoms with Crippen molar-refractivity contribution in [1.29, 1.82) is 0 Å². The molecule has 0 heterocycles. The maximum absolute atomic E-state index is 9.29. The molecule has 96 valence electrons. The fraction of sp³-hybridized carbons (Fsp3) is 0.286. The van der Waals surface area contributed by atoms with E-state index in [0.717, 1.165) is 10.8 Å². The lowest BCUT2D eigenvalue weighted by atomic mass is 10.1. The number of hydrogen-bond donors (Lipinski definition) is 2. The number of aliphatic hydroxyl groups excluding tert-OH is 2. The van der Waals surface area contributed by atoms with Gasteiger partial charge in [-0.1, -0.05) is 24.3 Å². The van der Waals surface area contributed by atoms with Crippen LogP contribution in [0.2, 0.25) is 0 Å². The molecular formula is C14H16O4. The Morgan fingerprint density at radius 3 is 1.50 bits per heavy atom. The van der Waals surface area contributed by atoms with Gasteiger partial charge in [0.05, 0.1) is 0 Å². The smallest absolute Gasteiger partial charge is 0.194 e. The first-order valence-electron chi connectivity index (χ1n) is 5.79. The highest BCUT2D eigenvalue weighted by molar-refractivity contribution is 5.93. The van der Waals surface area contributed by atoms with E-state index < -0.39 is 12.6 Å². The van der Waals surface area contributed by atoms with Crippen LogP contribution < -0.4 is 9.47 Å². The lowest BCUT2D eigenvalue weighted by Crippen LogP contribution is -2.11. The van der Waals surface area contributed by atoms with Gasteiger partial charge in [-0.2, -0.15) is 0 Å². The molecule has 2 N–H and O–H groups in total. The molecule has 0 aliphatic rings. The Morgan fingerprint density at radius 2 is 1.17 bits per heavy atom. The minimum atomic E-state index is -0.878. The molecule has 4 heteroatoms. The number of fused-ring (bicyclic) bond motifs is 1. The van der Waals surface area contributed by atoms with E-state index in [1.54, 1.807) is 26.0 Å². The van der Waals surface area contributed by atoms with Crippen molar-refractivity contribution in [3.63, 3.8) is 0 Å². The van der Waals surface area contributed by atoms with Gasteiger partial charge in [0.15, 0.2) is 12.6 Å². The topological polar surface area (TPSA) is 58.9 Å². The van der Waals surface area contributed by atoms with Crippen LogP contribution in [0.5, 0.6) is 11.5 Å². The molecule has 0 radical (unpaired) electrons. The average Bonchev–Trinajstić information content (AvgIpc) is 2.29. The van der Waals surface area contributed by atoms with Crippen molar-refractivity contribution in [1.82, 2.24) is 0 Å². The van der Waals surface area contributed by atoms with Gasteiger partial charge in [-0.25, -0.2) is 0 Å². The molecule has 0 aliphatic carbocycles. The number of benzene rings is 2. The quantitative estimate of drug-likeness (QED) is 0.815. The second kappa shape index (κ2) is 5.25. The second-order valence-corrected chi connectivity index (χ2v) is 4.04. The van der Waals surface area contributed by atoms with E-state index in [0.29, 0.717) is 11.5 Å². The first kappa shape index (κ1) is 12.7. The molecule has 0 saturated heterocycles. The molecule has 0 fully saturated rings. The van der Waals surface area contributed by atoms with Crippen LogP contribution in [0.3, 0.4) is 0 Å². The summed E-state index contributed by atoms with van der Waals surface area (Å²) in [4.78, 5) is 0. The van der Waals surface area contributed by atoms with Crippen LogP contribution in [0.25, 0.3) is 10.8 Å². The molecule has 0 aliphatic heterocycles. The summed E-state index contributed by atoms with van der Waals surface area (Å²) in [5.41, 5.74) is 0. The molecule has 0 amide bonds. The Kier molecular flexibility index (Phi) is 3.69. The predicted molar refractivity (Wildman–Crippen MR) is 68.6 cm³/mol. The summed E-state index contributed by atoms with van der Waals surface area (Å²) in [7, 11) is 0. The predicted octanol–water partition coefficient (Wildman–Crippen LogP) is 2.27. The Labute approximate surface area is 105 Å². The molecule has 0 saturated carbocycles. The van der Waals surface area contributed by atoms with Crippen LogP contribution in [0, 0.1) is 0 Å². The Bertz CT molecular complexity index is 485. The number of hydrogen-bond acceptors (Lipinski definition) is 4. The standard InChI is InChI=1S/C14H16O4/c1-9(15)17-13-7-3-6-12-11(13)5-4-8-14(12)18-10(2)16/h3-10,15-16H,1-2H3. The minimum absolute atomic E-state index is 0.582. The van der Waals surface area contributed by atoms with Crippen molar-refractivity contribution in [2.24, 2.45) is 0 Å². The van der Waals surface area contributed by atoms with Gasteiger partial charge in [-0.15, -0.1) is 0 Å². The van der Waals surface area contributed by atoms with Crippen LogP contribution >= 0.6 is 0 Å². The zero-order valence-electron chi connectivity index (χ0n) is 10.3. The van der Waals surface area contributed by atoms with Crippen molar-refractivity contribution in [2.45, 2.75) is 26.4 Å². The summed E-state index contributed by atoms with van der Waals surface area (Å²) in [5, 5.41) is 20.2. The third kappa shape index (κ3) is 2.72. The van der Waals surface area contributed by atoms with Gasteiger partial charge in [-0.05, 0) is 26.0 Å². The molecule has 0 bridgehead atoms. The zero-order valence-corrected chi connectivity index (χ0v) is 10.3. The Balaban J connectivity index is 2.50. The van der Waals surface area contributed by atoms with Gasteiger partial charge in [0.1, 0.15) is 11.5 Å². The van der Waals surface area contributed by atoms with Gasteiger partial charge < -0.3 is 19.7 Å². The lowest BCUT2D eigenvalue weighted by molar-refractivity contribution is -0.000697. The third-order valence-electron chi connectivity index (χ3n) is 2.44. The van der Waals surface area contributed by atoms with Gasteiger partial charge in [0, 0.05) is 10.8 Å². The van der Waals surface area contributed by atoms with Crippen LogP contribution in [0.15, 0.2) is 36.4 Å². The van der Waals surface area contributed by atoms with Crippen molar-refractivity contribution in [3.05, 3.63) is 36.4 Å². The van der Waals surface area contributed by atoms with Crippen LogP contribution in [0.1, 0.15) is 13.8 Å². The third-order valence-corrected chi connectivity index (χ3v) is 2.44. The van der Waals surface area contributed by atoms with Crippen molar-refractivity contribution < 1.29 is 19.7 Å². The van der Waals surface area contributed by atoms with E-state index in [-0.39, 0.29) is 0 Å². The highest BCUT2D eigenvalue weighted by Crippen LogP contribution is 2.32. The molecule has 2 unspecified atom stereocenters. The largest absolute Gasteiger partial charge is 0.465 e. The molecule has 2 aromatic rings. The van der Waals surface area contributed by atoms with Crippen molar-refractivity contribution in [2.75, 3.05) is 0 Å². The summed E-state index contributed by atoms with van der Waals surface area (Å²) in [5.74, 6) is 1.16. The molecule has 0 spiro atoms.